The topological polar surface area (TPSA) is 57.4 Å². The number of nitrogens with zero attached hydrogens (tertiary/aromatic N) is 2. The highest BCUT2D eigenvalue weighted by Crippen LogP contribution is 2.27. The third kappa shape index (κ3) is 4.08. The van der Waals surface area contributed by atoms with Crippen LogP contribution >= 0.6 is 0 Å². The maximum absolute atomic E-state index is 13.8. The molecule has 4 aromatic rings. The van der Waals surface area contributed by atoms with Crippen LogP contribution in [0.3, 0.4) is 0 Å². The summed E-state index contributed by atoms with van der Waals surface area (Å²) in [6.07, 6.45) is 0. The van der Waals surface area contributed by atoms with Crippen molar-refractivity contribution in [2.75, 3.05) is 7.11 Å². The SMILES string of the molecule is COc1cccc(-c2nc(-c3cccc(OCc4c(F)cccc4F)c3)no2)c1. The lowest BCUT2D eigenvalue weighted by atomic mass is 10.2. The highest BCUT2D eigenvalue weighted by molar-refractivity contribution is 5.62. The van der Waals surface area contributed by atoms with Gasteiger partial charge < -0.3 is 14.0 Å². The Morgan fingerprint density at radius 1 is 0.862 bits per heavy atom. The summed E-state index contributed by atoms with van der Waals surface area (Å²) in [5.74, 6) is 0.518. The van der Waals surface area contributed by atoms with Gasteiger partial charge in [-0.1, -0.05) is 29.4 Å². The normalized spacial score (nSPS) is 10.7. The number of rotatable bonds is 6. The number of benzene rings is 3. The molecule has 0 amide bonds. The average molecular weight is 394 g/mol. The van der Waals surface area contributed by atoms with Gasteiger partial charge >= 0.3 is 0 Å². The summed E-state index contributed by atoms with van der Waals surface area (Å²) < 4.78 is 43.6. The molecule has 0 N–H and O–H groups in total. The molecule has 0 saturated carbocycles. The second-order valence-electron chi connectivity index (χ2n) is 6.17. The minimum Gasteiger partial charge on any atom is -0.497 e. The van der Waals surface area contributed by atoms with E-state index in [-0.39, 0.29) is 12.2 Å². The molecule has 7 heteroatoms. The standard InChI is InChI=1S/C22H16F2N2O3/c1-27-16-7-3-6-15(12-16)22-25-21(26-29-22)14-5-2-8-17(11-14)28-13-18-19(23)9-4-10-20(18)24/h2-12H,13H2,1H3. The molecule has 3 aromatic carbocycles. The number of aromatic nitrogens is 2. The van der Waals surface area contributed by atoms with E-state index in [0.717, 1.165) is 5.56 Å². The third-order valence-corrected chi connectivity index (χ3v) is 4.28. The van der Waals surface area contributed by atoms with E-state index in [1.807, 2.05) is 18.2 Å². The van der Waals surface area contributed by atoms with Crippen molar-refractivity contribution >= 4 is 0 Å². The first-order chi connectivity index (χ1) is 14.1. The Morgan fingerprint density at radius 3 is 2.28 bits per heavy atom. The van der Waals surface area contributed by atoms with Crippen LogP contribution in [0.1, 0.15) is 5.56 Å². The van der Waals surface area contributed by atoms with E-state index in [4.69, 9.17) is 14.0 Å². The van der Waals surface area contributed by atoms with Crippen LogP contribution < -0.4 is 9.47 Å². The van der Waals surface area contributed by atoms with Gasteiger partial charge in [-0.2, -0.15) is 4.98 Å². The Bertz CT molecular complexity index is 1120. The molecule has 146 valence electrons. The first-order valence-corrected chi connectivity index (χ1v) is 8.78. The predicted molar refractivity (Wildman–Crippen MR) is 102 cm³/mol. The molecule has 0 unspecified atom stereocenters. The summed E-state index contributed by atoms with van der Waals surface area (Å²) in [7, 11) is 1.58. The van der Waals surface area contributed by atoms with E-state index in [0.29, 0.717) is 28.8 Å². The van der Waals surface area contributed by atoms with Gasteiger partial charge in [0.05, 0.1) is 12.7 Å². The van der Waals surface area contributed by atoms with E-state index >= 15 is 0 Å². The largest absolute Gasteiger partial charge is 0.497 e. The van der Waals surface area contributed by atoms with Crippen LogP contribution in [0.5, 0.6) is 11.5 Å². The number of ether oxygens (including phenoxy) is 2. The van der Waals surface area contributed by atoms with Crippen molar-refractivity contribution < 1.29 is 22.8 Å². The Morgan fingerprint density at radius 2 is 1.52 bits per heavy atom. The van der Waals surface area contributed by atoms with Crippen molar-refractivity contribution in [2.45, 2.75) is 6.61 Å². The summed E-state index contributed by atoms with van der Waals surface area (Å²) in [5, 5.41) is 4.00. The monoisotopic (exact) mass is 394 g/mol. The van der Waals surface area contributed by atoms with Crippen molar-refractivity contribution in [3.8, 4) is 34.3 Å². The van der Waals surface area contributed by atoms with Crippen LogP contribution in [0.15, 0.2) is 71.3 Å². The summed E-state index contributed by atoms with van der Waals surface area (Å²) >= 11 is 0. The summed E-state index contributed by atoms with van der Waals surface area (Å²) in [4.78, 5) is 4.40. The lowest BCUT2D eigenvalue weighted by Crippen LogP contribution is -2.01. The average Bonchev–Trinajstić information content (AvgIpc) is 3.24. The lowest BCUT2D eigenvalue weighted by molar-refractivity contribution is 0.292. The fourth-order valence-electron chi connectivity index (χ4n) is 2.76. The van der Waals surface area contributed by atoms with Crippen LogP contribution in [0.4, 0.5) is 8.78 Å². The molecular formula is C22H16F2N2O3. The Kier molecular flexibility index (Phi) is 5.20. The molecule has 29 heavy (non-hydrogen) atoms. The summed E-state index contributed by atoms with van der Waals surface area (Å²) in [5.41, 5.74) is 1.25. The van der Waals surface area contributed by atoms with Gasteiger partial charge in [-0.15, -0.1) is 0 Å². The van der Waals surface area contributed by atoms with Crippen molar-refractivity contribution in [2.24, 2.45) is 0 Å². The molecule has 0 aliphatic carbocycles. The fraction of sp³-hybridized carbons (Fsp3) is 0.0909. The number of hydrogen-bond acceptors (Lipinski definition) is 5. The zero-order chi connectivity index (χ0) is 20.2. The summed E-state index contributed by atoms with van der Waals surface area (Å²) in [6, 6.07) is 17.9. The Balaban J connectivity index is 1.54. The van der Waals surface area contributed by atoms with E-state index in [9.17, 15) is 8.78 Å². The zero-order valence-corrected chi connectivity index (χ0v) is 15.4. The van der Waals surface area contributed by atoms with Crippen LogP contribution in [-0.2, 0) is 6.61 Å². The van der Waals surface area contributed by atoms with Gasteiger partial charge in [0.2, 0.25) is 5.82 Å². The van der Waals surface area contributed by atoms with Gasteiger partial charge in [-0.3, -0.25) is 0 Å². The van der Waals surface area contributed by atoms with E-state index in [1.165, 1.54) is 18.2 Å². The molecular weight excluding hydrogens is 378 g/mol. The Labute approximate surface area is 165 Å². The second-order valence-corrected chi connectivity index (χ2v) is 6.17. The van der Waals surface area contributed by atoms with Crippen molar-refractivity contribution in [1.29, 1.82) is 0 Å². The van der Waals surface area contributed by atoms with Crippen LogP contribution in [0.2, 0.25) is 0 Å². The molecule has 0 spiro atoms. The highest BCUT2D eigenvalue weighted by Gasteiger charge is 2.13. The van der Waals surface area contributed by atoms with Crippen LogP contribution in [-0.4, -0.2) is 17.3 Å². The van der Waals surface area contributed by atoms with Crippen molar-refractivity contribution in [3.63, 3.8) is 0 Å². The van der Waals surface area contributed by atoms with Crippen molar-refractivity contribution in [3.05, 3.63) is 83.9 Å². The maximum Gasteiger partial charge on any atom is 0.258 e. The first kappa shape index (κ1) is 18.6. The first-order valence-electron chi connectivity index (χ1n) is 8.78. The third-order valence-electron chi connectivity index (χ3n) is 4.28. The molecule has 0 atom stereocenters. The van der Waals surface area contributed by atoms with Gasteiger partial charge in [0, 0.05) is 11.1 Å². The van der Waals surface area contributed by atoms with Crippen LogP contribution in [0, 0.1) is 11.6 Å². The second kappa shape index (κ2) is 8.10. The molecule has 0 fully saturated rings. The molecule has 0 aliphatic heterocycles. The van der Waals surface area contributed by atoms with Gasteiger partial charge in [0.25, 0.3) is 5.89 Å². The number of hydrogen-bond donors (Lipinski definition) is 0. The molecule has 0 radical (unpaired) electrons. The van der Waals surface area contributed by atoms with E-state index in [1.54, 1.807) is 37.4 Å². The van der Waals surface area contributed by atoms with Gasteiger partial charge in [-0.25, -0.2) is 8.78 Å². The van der Waals surface area contributed by atoms with Crippen LogP contribution in [0.25, 0.3) is 22.8 Å². The molecule has 0 bridgehead atoms. The fourth-order valence-corrected chi connectivity index (χ4v) is 2.76. The van der Waals surface area contributed by atoms with E-state index in [2.05, 4.69) is 10.1 Å². The van der Waals surface area contributed by atoms with Gasteiger partial charge in [0.15, 0.2) is 0 Å². The zero-order valence-electron chi connectivity index (χ0n) is 15.4. The molecule has 0 aliphatic rings. The molecule has 1 aromatic heterocycles. The molecule has 1 heterocycles. The smallest absolute Gasteiger partial charge is 0.258 e. The maximum atomic E-state index is 13.8. The predicted octanol–water partition coefficient (Wildman–Crippen LogP) is 5.27. The molecule has 0 saturated heterocycles. The Hall–Kier alpha value is -3.74. The molecule has 5 nitrogen and oxygen atoms in total. The van der Waals surface area contributed by atoms with Gasteiger partial charge in [0.1, 0.15) is 29.7 Å². The van der Waals surface area contributed by atoms with E-state index < -0.39 is 11.6 Å². The number of methoxy groups -OCH3 is 1. The summed E-state index contributed by atoms with van der Waals surface area (Å²) in [6.45, 7) is -0.233. The minimum absolute atomic E-state index is 0.127. The quantitative estimate of drug-likeness (QED) is 0.446. The van der Waals surface area contributed by atoms with Crippen molar-refractivity contribution in [1.82, 2.24) is 10.1 Å². The molecule has 4 rings (SSSR count). The minimum atomic E-state index is -0.651. The number of halogens is 2. The lowest BCUT2D eigenvalue weighted by Gasteiger charge is -2.08. The highest BCUT2D eigenvalue weighted by atomic mass is 19.1. The van der Waals surface area contributed by atoms with Gasteiger partial charge in [-0.05, 0) is 42.5 Å².